The van der Waals surface area contributed by atoms with Crippen LogP contribution in [0.2, 0.25) is 0 Å². The van der Waals surface area contributed by atoms with Crippen molar-refractivity contribution >= 4 is 23.9 Å². The molecule has 0 aliphatic heterocycles. The lowest BCUT2D eigenvalue weighted by atomic mass is 9.46. The molecule has 222 valence electrons. The summed E-state index contributed by atoms with van der Waals surface area (Å²) in [6.07, 6.45) is 2.79. The van der Waals surface area contributed by atoms with Gasteiger partial charge in [0, 0.05) is 16.7 Å². The number of hydrogen-bond acceptors (Lipinski definition) is 9. The van der Waals surface area contributed by atoms with E-state index in [9.17, 15) is 24.3 Å². The number of aliphatic hydroxyl groups excluding tert-OH is 1. The average Bonchev–Trinajstić information content (AvgIpc) is 3.19. The van der Waals surface area contributed by atoms with Crippen LogP contribution < -0.4 is 0 Å². The molecule has 8 atom stereocenters. The number of fused-ring (bicyclic) bond motifs is 5. The predicted molar refractivity (Wildman–Crippen MR) is 141 cm³/mol. The highest BCUT2D eigenvalue weighted by molar-refractivity contribution is 6.01. The van der Waals surface area contributed by atoms with Crippen molar-refractivity contribution in [1.82, 2.24) is 0 Å². The zero-order chi connectivity index (χ0) is 29.3. The zero-order valence-electron chi connectivity index (χ0n) is 23.8. The van der Waals surface area contributed by atoms with Gasteiger partial charge < -0.3 is 24.1 Å². The second-order valence-corrected chi connectivity index (χ2v) is 12.0. The monoisotopic (exact) mass is 564 g/mol. The summed E-state index contributed by atoms with van der Waals surface area (Å²) in [4.78, 5) is 50.8. The maximum Gasteiger partial charge on any atom is 0.509 e. The molecule has 10 heteroatoms. The number of ketones is 2. The first kappa shape index (κ1) is 30.2. The topological polar surface area (TPSA) is 125 Å². The van der Waals surface area contributed by atoms with E-state index in [4.69, 9.17) is 18.9 Å². The van der Waals surface area contributed by atoms with Gasteiger partial charge in [-0.3, -0.25) is 9.59 Å². The smallest absolute Gasteiger partial charge is 0.434 e. The molecule has 0 heterocycles. The second kappa shape index (κ2) is 11.6. The number of hydrogen-bond donors (Lipinski definition) is 1. The molecule has 40 heavy (non-hydrogen) atoms. The summed E-state index contributed by atoms with van der Waals surface area (Å²) in [5.74, 6) is -1.94. The van der Waals surface area contributed by atoms with E-state index in [2.05, 4.69) is 0 Å². The Morgan fingerprint density at radius 2 is 1.80 bits per heavy atom. The number of carbonyl (C=O) groups excluding carboxylic acids is 4. The minimum Gasteiger partial charge on any atom is -0.434 e. The van der Waals surface area contributed by atoms with Crippen LogP contribution in [0, 0.1) is 28.6 Å². The lowest BCUT2D eigenvalue weighted by Gasteiger charge is -2.60. The first-order valence-electron chi connectivity index (χ1n) is 14.4. The summed E-state index contributed by atoms with van der Waals surface area (Å²) in [5, 5.41) is 11.7. The molecule has 4 aliphatic rings. The Balaban J connectivity index is 1.66. The molecule has 0 spiro atoms. The van der Waals surface area contributed by atoms with Crippen LogP contribution in [0.1, 0.15) is 72.6 Å². The lowest BCUT2D eigenvalue weighted by molar-refractivity contribution is -0.186. The first-order valence-corrected chi connectivity index (χ1v) is 14.4. The third kappa shape index (κ3) is 5.08. The fraction of sp³-hybridized carbons (Fsp3) is 0.733. The fourth-order valence-corrected chi connectivity index (χ4v) is 7.95. The molecule has 3 saturated carbocycles. The standard InChI is InChI=1S/C30H41FO9/c1-5-7-13-38-27(36)40-30(24(34)17-39-26(35)37-12-6-2)11-9-20-19-15-22(31)21-14-18(32)8-10-28(21,3)25(19)23(33)16-29(20,30)4/h8,10,14,19-20,22-23,25,33H,5-7,9,11-13,15-17H2,1-4H3/t19-,20-,22-,23?,25+,28-,29-,30-/m0/s1. The Morgan fingerprint density at radius 3 is 2.50 bits per heavy atom. The summed E-state index contributed by atoms with van der Waals surface area (Å²) < 4.78 is 36.8. The maximum absolute atomic E-state index is 15.7. The highest BCUT2D eigenvalue weighted by Gasteiger charge is 2.71. The van der Waals surface area contributed by atoms with Gasteiger partial charge in [0.2, 0.25) is 5.78 Å². The number of allylic oxidation sites excluding steroid dienone is 4. The molecule has 1 N–H and O–H groups in total. The van der Waals surface area contributed by atoms with Crippen LogP contribution in [-0.2, 0) is 28.5 Å². The van der Waals surface area contributed by atoms with E-state index >= 15 is 4.39 Å². The van der Waals surface area contributed by atoms with Crippen molar-refractivity contribution < 1.29 is 47.6 Å². The van der Waals surface area contributed by atoms with Crippen LogP contribution in [0.4, 0.5) is 14.0 Å². The van der Waals surface area contributed by atoms with Crippen LogP contribution in [0.5, 0.6) is 0 Å². The molecule has 4 rings (SSSR count). The Labute approximate surface area is 234 Å². The van der Waals surface area contributed by atoms with Gasteiger partial charge in [-0.1, -0.05) is 40.2 Å². The number of ether oxygens (including phenoxy) is 4. The first-order chi connectivity index (χ1) is 18.9. The maximum atomic E-state index is 15.7. The van der Waals surface area contributed by atoms with Crippen molar-refractivity contribution in [2.24, 2.45) is 28.6 Å². The van der Waals surface area contributed by atoms with Crippen LogP contribution in [0.25, 0.3) is 0 Å². The normalized spacial score (nSPS) is 37.9. The average molecular weight is 565 g/mol. The highest BCUT2D eigenvalue weighted by Crippen LogP contribution is 2.68. The quantitative estimate of drug-likeness (QED) is 0.303. The summed E-state index contributed by atoms with van der Waals surface area (Å²) in [6.45, 7) is 6.97. The lowest BCUT2D eigenvalue weighted by Crippen LogP contribution is -2.64. The third-order valence-electron chi connectivity index (χ3n) is 9.77. The molecule has 0 amide bonds. The largest absolute Gasteiger partial charge is 0.509 e. The van der Waals surface area contributed by atoms with Gasteiger partial charge in [-0.15, -0.1) is 0 Å². The molecular formula is C30H41FO9. The van der Waals surface area contributed by atoms with Crippen molar-refractivity contribution in [3.8, 4) is 0 Å². The molecule has 1 unspecified atom stereocenters. The molecular weight excluding hydrogens is 523 g/mol. The molecule has 0 bridgehead atoms. The van der Waals surface area contributed by atoms with Crippen molar-refractivity contribution in [2.45, 2.75) is 90.5 Å². The van der Waals surface area contributed by atoms with Crippen molar-refractivity contribution in [1.29, 1.82) is 0 Å². The zero-order valence-corrected chi connectivity index (χ0v) is 23.8. The molecule has 0 aromatic rings. The van der Waals surface area contributed by atoms with E-state index in [0.29, 0.717) is 24.8 Å². The van der Waals surface area contributed by atoms with E-state index in [0.717, 1.165) is 6.42 Å². The second-order valence-electron chi connectivity index (χ2n) is 12.0. The Hall–Kier alpha value is -2.75. The van der Waals surface area contributed by atoms with Gasteiger partial charge in [0.25, 0.3) is 0 Å². The fourth-order valence-electron chi connectivity index (χ4n) is 7.95. The number of carbonyl (C=O) groups is 4. The number of halogens is 1. The van der Waals surface area contributed by atoms with E-state index < -0.39 is 59.3 Å². The van der Waals surface area contributed by atoms with Crippen LogP contribution in [0.3, 0.4) is 0 Å². The van der Waals surface area contributed by atoms with Gasteiger partial charge in [-0.25, -0.2) is 14.0 Å². The van der Waals surface area contributed by atoms with Gasteiger partial charge in [-0.2, -0.15) is 0 Å². The number of rotatable bonds is 9. The third-order valence-corrected chi connectivity index (χ3v) is 9.77. The minimum atomic E-state index is -1.75. The van der Waals surface area contributed by atoms with E-state index in [-0.39, 0.29) is 50.1 Å². The Morgan fingerprint density at radius 1 is 1.07 bits per heavy atom. The van der Waals surface area contributed by atoms with Gasteiger partial charge in [0.05, 0.1) is 19.3 Å². The highest BCUT2D eigenvalue weighted by atomic mass is 19.1. The van der Waals surface area contributed by atoms with E-state index in [1.165, 1.54) is 12.2 Å². The molecule has 0 saturated heterocycles. The van der Waals surface area contributed by atoms with Gasteiger partial charge in [0.15, 0.2) is 18.0 Å². The van der Waals surface area contributed by atoms with Gasteiger partial charge >= 0.3 is 12.3 Å². The van der Waals surface area contributed by atoms with Gasteiger partial charge in [-0.05, 0) is 68.1 Å². The van der Waals surface area contributed by atoms with E-state index in [1.807, 2.05) is 20.8 Å². The number of aliphatic hydroxyl groups is 1. The molecule has 0 aromatic carbocycles. The number of alkyl halides is 1. The molecule has 4 aliphatic carbocycles. The number of Topliss-reactive ketones (excluding diaryl/α,β-unsaturated/α-hetero) is 1. The summed E-state index contributed by atoms with van der Waals surface area (Å²) in [6, 6.07) is 0. The van der Waals surface area contributed by atoms with Gasteiger partial charge in [0.1, 0.15) is 6.17 Å². The Kier molecular flexibility index (Phi) is 8.78. The molecule has 0 radical (unpaired) electrons. The summed E-state index contributed by atoms with van der Waals surface area (Å²) in [7, 11) is 0. The minimum absolute atomic E-state index is 0.0790. The van der Waals surface area contributed by atoms with Crippen molar-refractivity contribution in [3.63, 3.8) is 0 Å². The van der Waals surface area contributed by atoms with Crippen LogP contribution in [-0.4, -0.2) is 66.7 Å². The summed E-state index contributed by atoms with van der Waals surface area (Å²) >= 11 is 0. The van der Waals surface area contributed by atoms with E-state index in [1.54, 1.807) is 13.0 Å². The Bertz CT molecular complexity index is 1090. The van der Waals surface area contributed by atoms with Crippen molar-refractivity contribution in [2.75, 3.05) is 19.8 Å². The van der Waals surface area contributed by atoms with Crippen molar-refractivity contribution in [3.05, 3.63) is 23.8 Å². The molecule has 0 aromatic heterocycles. The molecule has 9 nitrogen and oxygen atoms in total. The van der Waals surface area contributed by atoms with Crippen LogP contribution in [0.15, 0.2) is 23.8 Å². The number of unbranched alkanes of at least 4 members (excludes halogenated alkanes) is 1. The SMILES string of the molecule is CCCCOC(=O)O[C@]1(C(=O)COC(=O)OCCC)CC[C@H]2[C@@H]3C[C@H](F)C4=CC(=O)C=C[C@]4(C)[C@H]3C(O)C[C@@]21C. The predicted octanol–water partition coefficient (Wildman–Crippen LogP) is 5.04. The molecule has 3 fully saturated rings. The summed E-state index contributed by atoms with van der Waals surface area (Å²) in [5.41, 5.74) is -3.33. The van der Waals surface area contributed by atoms with Crippen LogP contribution >= 0.6 is 0 Å².